The molecule has 1 aromatic carbocycles. The lowest BCUT2D eigenvalue weighted by Crippen LogP contribution is -2.45. The van der Waals surface area contributed by atoms with Crippen LogP contribution in [0.4, 0.5) is 0 Å². The number of imidazole rings is 1. The summed E-state index contributed by atoms with van der Waals surface area (Å²) in [7, 11) is 1.64. The molecule has 0 unspecified atom stereocenters. The maximum absolute atomic E-state index is 9.75. The van der Waals surface area contributed by atoms with Crippen molar-refractivity contribution in [1.82, 2.24) is 9.38 Å². The van der Waals surface area contributed by atoms with E-state index in [0.29, 0.717) is 23.8 Å². The third-order valence-corrected chi connectivity index (χ3v) is 7.08. The van der Waals surface area contributed by atoms with Gasteiger partial charge in [-0.1, -0.05) is 6.07 Å². The summed E-state index contributed by atoms with van der Waals surface area (Å²) in [5.41, 5.74) is 9.22. The molecule has 1 aliphatic heterocycles. The first kappa shape index (κ1) is 20.0. The fourth-order valence-electron chi connectivity index (χ4n) is 3.45. The summed E-state index contributed by atoms with van der Waals surface area (Å²) in [4.78, 5) is 5.36. The van der Waals surface area contributed by atoms with Crippen LogP contribution in [0.15, 0.2) is 41.4 Å². The molecule has 8 heteroatoms. The molecule has 0 saturated carbocycles. The molecule has 29 heavy (non-hydrogen) atoms. The van der Waals surface area contributed by atoms with Crippen LogP contribution in [-0.2, 0) is 0 Å². The number of methoxy groups -OCH3 is 1. The van der Waals surface area contributed by atoms with E-state index in [0.717, 1.165) is 39.7 Å². The van der Waals surface area contributed by atoms with E-state index < -0.39 is 0 Å². The van der Waals surface area contributed by atoms with Gasteiger partial charge >= 0.3 is 0 Å². The average Bonchev–Trinajstić information content (AvgIpc) is 3.38. The second-order valence-electron chi connectivity index (χ2n) is 7.02. The Hall–Kier alpha value is -2.34. The largest absolute Gasteiger partial charge is 0.490 e. The third kappa shape index (κ3) is 3.78. The Bertz CT molecular complexity index is 1080. The van der Waals surface area contributed by atoms with Gasteiger partial charge in [-0.3, -0.25) is 4.40 Å². The smallest absolute Gasteiger partial charge is 0.199 e. The molecular weight excluding hydrogens is 404 g/mol. The van der Waals surface area contributed by atoms with Crippen molar-refractivity contribution < 1.29 is 9.47 Å². The van der Waals surface area contributed by atoms with Crippen LogP contribution in [0.2, 0.25) is 0 Å². The van der Waals surface area contributed by atoms with Gasteiger partial charge in [0.15, 0.2) is 5.88 Å². The zero-order valence-corrected chi connectivity index (χ0v) is 18.0. The minimum atomic E-state index is -0.348. The monoisotopic (exact) mass is 426 g/mol. The van der Waals surface area contributed by atoms with Crippen LogP contribution in [0.25, 0.3) is 16.9 Å². The Morgan fingerprint density at radius 2 is 2.28 bits per heavy atom. The topological polar surface area (TPSA) is 85.6 Å². The van der Waals surface area contributed by atoms with E-state index >= 15 is 0 Å². The minimum absolute atomic E-state index is 0.348. The lowest BCUT2D eigenvalue weighted by Gasteiger charge is -2.23. The molecule has 4 rings (SSSR count). The first-order valence-corrected chi connectivity index (χ1v) is 11.6. The Morgan fingerprint density at radius 1 is 1.41 bits per heavy atom. The Kier molecular flexibility index (Phi) is 5.63. The number of fused-ring (bicyclic) bond motifs is 1. The molecule has 1 fully saturated rings. The minimum Gasteiger partial charge on any atom is -0.490 e. The number of aromatic nitrogens is 2. The van der Waals surface area contributed by atoms with Gasteiger partial charge in [-0.2, -0.15) is 17.0 Å². The molecule has 1 aliphatic rings. The van der Waals surface area contributed by atoms with Crippen LogP contribution in [-0.4, -0.2) is 46.4 Å². The van der Waals surface area contributed by atoms with Gasteiger partial charge in [0.1, 0.15) is 29.6 Å². The molecule has 0 aliphatic carbocycles. The molecule has 1 atom stereocenters. The van der Waals surface area contributed by atoms with Gasteiger partial charge in [0.05, 0.1) is 24.5 Å². The number of pyridine rings is 1. The fraction of sp³-hybridized carbons (Fsp3) is 0.333. The van der Waals surface area contributed by atoms with Crippen molar-refractivity contribution in [3.8, 4) is 29.0 Å². The van der Waals surface area contributed by atoms with Crippen LogP contribution in [0.3, 0.4) is 0 Å². The average molecular weight is 427 g/mol. The van der Waals surface area contributed by atoms with Gasteiger partial charge in [0, 0.05) is 16.2 Å². The molecule has 0 radical (unpaired) electrons. The van der Waals surface area contributed by atoms with E-state index in [1.807, 2.05) is 58.9 Å². The summed E-state index contributed by atoms with van der Waals surface area (Å²) in [6.45, 7) is 0.391. The van der Waals surface area contributed by atoms with E-state index in [1.165, 1.54) is 11.8 Å². The molecule has 0 amide bonds. The molecule has 3 heterocycles. The van der Waals surface area contributed by atoms with Crippen molar-refractivity contribution in [3.63, 3.8) is 0 Å². The summed E-state index contributed by atoms with van der Waals surface area (Å²) >= 11 is 3.36. The van der Waals surface area contributed by atoms with E-state index in [9.17, 15) is 5.26 Å². The number of ether oxygens (including phenoxy) is 2. The number of hydrogen-bond donors (Lipinski definition) is 1. The second-order valence-corrected chi connectivity index (χ2v) is 8.98. The van der Waals surface area contributed by atoms with Crippen molar-refractivity contribution in [2.75, 3.05) is 31.5 Å². The quantitative estimate of drug-likeness (QED) is 0.600. The summed E-state index contributed by atoms with van der Waals surface area (Å²) in [5.74, 6) is 3.16. The predicted molar refractivity (Wildman–Crippen MR) is 118 cm³/mol. The predicted octanol–water partition coefficient (Wildman–Crippen LogP) is 3.82. The van der Waals surface area contributed by atoms with Crippen molar-refractivity contribution >= 4 is 29.2 Å². The van der Waals surface area contributed by atoms with Gasteiger partial charge in [-0.25, -0.2) is 4.98 Å². The molecule has 2 N–H and O–H groups in total. The molecular formula is C21H22N4O2S2. The summed E-state index contributed by atoms with van der Waals surface area (Å²) in [6.07, 6.45) is 4.68. The first-order chi connectivity index (χ1) is 14.1. The summed E-state index contributed by atoms with van der Waals surface area (Å²) in [5, 5.41) is 9.75. The normalized spacial score (nSPS) is 18.7. The Labute approximate surface area is 178 Å². The van der Waals surface area contributed by atoms with Gasteiger partial charge in [0.25, 0.3) is 0 Å². The van der Waals surface area contributed by atoms with Crippen LogP contribution in [0.1, 0.15) is 12.0 Å². The van der Waals surface area contributed by atoms with Crippen LogP contribution in [0, 0.1) is 11.3 Å². The standard InChI is InChI=1S/C21H22N4O2S2/c1-26-20-5-3-4-19-24-11-16(25(19)20)14-8-17(15(10-22)18(9-14)28-2)27-12-21(23)6-7-29-13-21/h3-5,8-9,11H,6-7,12-13,23H2,1-2H3/t21-/m0/s1. The third-order valence-electron chi connectivity index (χ3n) is 5.05. The van der Waals surface area contributed by atoms with Crippen molar-refractivity contribution in [3.05, 3.63) is 42.1 Å². The maximum Gasteiger partial charge on any atom is 0.199 e. The number of rotatable bonds is 6. The molecule has 0 bridgehead atoms. The highest BCUT2D eigenvalue weighted by Gasteiger charge is 2.31. The molecule has 6 nitrogen and oxygen atoms in total. The van der Waals surface area contributed by atoms with Gasteiger partial charge in [-0.05, 0) is 42.7 Å². The zero-order chi connectivity index (χ0) is 20.4. The number of nitriles is 1. The molecule has 3 aromatic rings. The van der Waals surface area contributed by atoms with Crippen molar-refractivity contribution in [2.24, 2.45) is 5.73 Å². The van der Waals surface area contributed by atoms with Crippen LogP contribution in [0.5, 0.6) is 11.6 Å². The number of nitrogens with zero attached hydrogens (tertiary/aromatic N) is 3. The maximum atomic E-state index is 9.75. The van der Waals surface area contributed by atoms with Crippen molar-refractivity contribution in [2.45, 2.75) is 16.9 Å². The lowest BCUT2D eigenvalue weighted by atomic mass is 10.0. The number of hydrogen-bond acceptors (Lipinski definition) is 7. The van der Waals surface area contributed by atoms with Gasteiger partial charge in [0.2, 0.25) is 0 Å². The van der Waals surface area contributed by atoms with Crippen molar-refractivity contribution in [1.29, 1.82) is 5.26 Å². The number of thioether (sulfide) groups is 2. The molecule has 0 spiro atoms. The summed E-state index contributed by atoms with van der Waals surface area (Å²) < 4.78 is 13.6. The van der Waals surface area contributed by atoms with Crippen LogP contribution >= 0.6 is 23.5 Å². The fourth-order valence-corrected chi connectivity index (χ4v) is 5.38. The van der Waals surface area contributed by atoms with Crippen LogP contribution < -0.4 is 15.2 Å². The highest BCUT2D eigenvalue weighted by Crippen LogP contribution is 2.37. The summed E-state index contributed by atoms with van der Waals surface area (Å²) in [6, 6.07) is 11.9. The highest BCUT2D eigenvalue weighted by atomic mass is 32.2. The zero-order valence-electron chi connectivity index (χ0n) is 16.3. The van der Waals surface area contributed by atoms with E-state index in [2.05, 4.69) is 11.1 Å². The molecule has 1 saturated heterocycles. The van der Waals surface area contributed by atoms with Gasteiger partial charge in [-0.15, -0.1) is 11.8 Å². The first-order valence-electron chi connectivity index (χ1n) is 9.21. The number of benzene rings is 1. The second kappa shape index (κ2) is 8.19. The van der Waals surface area contributed by atoms with E-state index in [1.54, 1.807) is 7.11 Å². The number of nitrogens with two attached hydrogens (primary N) is 1. The molecule has 150 valence electrons. The Morgan fingerprint density at radius 3 is 2.97 bits per heavy atom. The molecule has 2 aromatic heterocycles. The highest BCUT2D eigenvalue weighted by molar-refractivity contribution is 7.99. The Balaban J connectivity index is 1.80. The van der Waals surface area contributed by atoms with Gasteiger partial charge < -0.3 is 15.2 Å². The van der Waals surface area contributed by atoms with E-state index in [-0.39, 0.29) is 5.54 Å². The lowest BCUT2D eigenvalue weighted by molar-refractivity contribution is 0.233. The van der Waals surface area contributed by atoms with E-state index in [4.69, 9.17) is 15.2 Å². The SMILES string of the molecule is COc1cccc2ncc(-c3cc(OC[C@@]4(N)CCSC4)c(C#N)c(SC)c3)n12.